The van der Waals surface area contributed by atoms with Gasteiger partial charge < -0.3 is 0 Å². The fourth-order valence-electron chi connectivity index (χ4n) is 2.56. The van der Waals surface area contributed by atoms with Gasteiger partial charge >= 0.3 is 0 Å². The molecular weight excluding hydrogens is 256 g/mol. The number of halogens is 1. The second kappa shape index (κ2) is 6.36. The average Bonchev–Trinajstić information content (AvgIpc) is 2.41. The maximum Gasteiger partial charge on any atom is 0.134 e. The molecule has 2 aromatic rings. The van der Waals surface area contributed by atoms with Crippen LogP contribution in [0.3, 0.4) is 0 Å². The van der Waals surface area contributed by atoms with Gasteiger partial charge in [-0.2, -0.15) is 0 Å². The van der Waals surface area contributed by atoms with Crippen molar-refractivity contribution in [2.45, 2.75) is 39.3 Å². The molecule has 0 aliphatic rings. The van der Waals surface area contributed by atoms with Gasteiger partial charge in [0.05, 0.1) is 5.52 Å². The van der Waals surface area contributed by atoms with E-state index in [1.54, 1.807) is 0 Å². The van der Waals surface area contributed by atoms with Crippen molar-refractivity contribution in [1.29, 1.82) is 0 Å². The zero-order valence-electron chi connectivity index (χ0n) is 11.9. The van der Waals surface area contributed by atoms with E-state index in [1.165, 1.54) is 0 Å². The highest BCUT2D eigenvalue weighted by atomic mass is 35.5. The summed E-state index contributed by atoms with van der Waals surface area (Å²) in [5.74, 6) is 0. The molecule has 0 fully saturated rings. The summed E-state index contributed by atoms with van der Waals surface area (Å²) >= 11 is 6.30. The van der Waals surface area contributed by atoms with Crippen molar-refractivity contribution < 1.29 is 0 Å². The van der Waals surface area contributed by atoms with Gasteiger partial charge in [-0.05, 0) is 32.0 Å². The van der Waals surface area contributed by atoms with Crippen molar-refractivity contribution in [3.63, 3.8) is 0 Å². The van der Waals surface area contributed by atoms with Crippen LogP contribution < -0.4 is 0 Å². The van der Waals surface area contributed by atoms with Crippen LogP contribution in [0.1, 0.15) is 32.3 Å². The van der Waals surface area contributed by atoms with Crippen molar-refractivity contribution in [2.24, 2.45) is 0 Å². The molecule has 3 heteroatoms. The number of fused-ring (bicyclic) bond motifs is 1. The van der Waals surface area contributed by atoms with Crippen LogP contribution in [0.15, 0.2) is 30.3 Å². The van der Waals surface area contributed by atoms with E-state index in [-0.39, 0.29) is 0 Å². The van der Waals surface area contributed by atoms with E-state index in [0.717, 1.165) is 35.9 Å². The summed E-state index contributed by atoms with van der Waals surface area (Å²) in [5, 5.41) is 1.77. The van der Waals surface area contributed by atoms with E-state index in [4.69, 9.17) is 11.6 Å². The van der Waals surface area contributed by atoms with E-state index < -0.39 is 0 Å². The van der Waals surface area contributed by atoms with Crippen molar-refractivity contribution in [3.05, 3.63) is 41.0 Å². The average molecular weight is 277 g/mol. The highest BCUT2D eigenvalue weighted by Gasteiger charge is 2.13. The van der Waals surface area contributed by atoms with E-state index >= 15 is 0 Å². The molecule has 1 aromatic heterocycles. The number of pyridine rings is 1. The topological polar surface area (TPSA) is 16.1 Å². The molecule has 0 radical (unpaired) electrons. The molecule has 2 nitrogen and oxygen atoms in total. The molecular formula is C16H21ClN2. The van der Waals surface area contributed by atoms with Gasteiger partial charge in [-0.15, -0.1) is 0 Å². The third kappa shape index (κ3) is 3.26. The lowest BCUT2D eigenvalue weighted by atomic mass is 10.1. The molecule has 19 heavy (non-hydrogen) atoms. The van der Waals surface area contributed by atoms with Gasteiger partial charge in [0.2, 0.25) is 0 Å². The predicted octanol–water partition coefficient (Wildman–Crippen LogP) is 4.51. The normalized spacial score (nSPS) is 11.7. The van der Waals surface area contributed by atoms with Gasteiger partial charge in [0.15, 0.2) is 0 Å². The molecule has 2 rings (SSSR count). The van der Waals surface area contributed by atoms with E-state index in [1.807, 2.05) is 18.2 Å². The van der Waals surface area contributed by atoms with E-state index in [2.05, 4.69) is 42.9 Å². The number of benzene rings is 1. The highest BCUT2D eigenvalue weighted by Crippen LogP contribution is 2.22. The number of nitrogens with zero attached hydrogens (tertiary/aromatic N) is 2. The second-order valence-electron chi connectivity index (χ2n) is 5.02. The molecule has 1 heterocycles. The standard InChI is InChI=1S/C16H21ClN2/c1-4-14(5-2)19(3)11-13-10-12-8-6-7-9-15(12)18-16(13)17/h6-10,14H,4-5,11H2,1-3H3. The summed E-state index contributed by atoms with van der Waals surface area (Å²) in [6.07, 6.45) is 2.32. The first kappa shape index (κ1) is 14.3. The van der Waals surface area contributed by atoms with Crippen LogP contribution >= 0.6 is 11.6 Å². The summed E-state index contributed by atoms with van der Waals surface area (Å²) in [4.78, 5) is 6.84. The lowest BCUT2D eigenvalue weighted by molar-refractivity contribution is 0.221. The summed E-state index contributed by atoms with van der Waals surface area (Å²) in [5.41, 5.74) is 2.07. The molecule has 0 aliphatic heterocycles. The Morgan fingerprint density at radius 2 is 1.89 bits per heavy atom. The molecule has 0 atom stereocenters. The molecule has 0 bridgehead atoms. The molecule has 0 saturated carbocycles. The Hall–Kier alpha value is -1.12. The lowest BCUT2D eigenvalue weighted by Crippen LogP contribution is -2.30. The summed E-state index contributed by atoms with van der Waals surface area (Å²) in [7, 11) is 2.16. The van der Waals surface area contributed by atoms with Crippen LogP contribution in [-0.4, -0.2) is 23.0 Å². The molecule has 0 aliphatic carbocycles. The predicted molar refractivity (Wildman–Crippen MR) is 82.6 cm³/mol. The minimum Gasteiger partial charge on any atom is -0.299 e. The smallest absolute Gasteiger partial charge is 0.134 e. The third-order valence-corrected chi connectivity index (χ3v) is 4.06. The maximum absolute atomic E-state index is 6.30. The fraction of sp³-hybridized carbons (Fsp3) is 0.438. The van der Waals surface area contributed by atoms with Gasteiger partial charge in [-0.1, -0.05) is 43.6 Å². The number of hydrogen-bond acceptors (Lipinski definition) is 2. The van der Waals surface area contributed by atoms with Crippen LogP contribution in [0.5, 0.6) is 0 Å². The zero-order chi connectivity index (χ0) is 13.8. The lowest BCUT2D eigenvalue weighted by Gasteiger charge is -2.26. The first-order valence-corrected chi connectivity index (χ1v) is 7.27. The van der Waals surface area contributed by atoms with Gasteiger partial charge in [0, 0.05) is 23.5 Å². The Labute approximate surface area is 120 Å². The molecule has 0 N–H and O–H groups in total. The quantitative estimate of drug-likeness (QED) is 0.747. The Bertz CT molecular complexity index is 549. The van der Waals surface area contributed by atoms with Crippen LogP contribution in [-0.2, 0) is 6.54 Å². The second-order valence-corrected chi connectivity index (χ2v) is 5.37. The van der Waals surface area contributed by atoms with Crippen LogP contribution in [0.4, 0.5) is 0 Å². The molecule has 102 valence electrons. The molecule has 0 spiro atoms. The number of para-hydroxylation sites is 1. The summed E-state index contributed by atoms with van der Waals surface area (Å²) in [6, 6.07) is 10.9. The largest absolute Gasteiger partial charge is 0.299 e. The Kier molecular flexibility index (Phi) is 4.78. The molecule has 1 aromatic carbocycles. The SMILES string of the molecule is CCC(CC)N(C)Cc1cc2ccccc2nc1Cl. The van der Waals surface area contributed by atoms with Crippen LogP contribution in [0.25, 0.3) is 10.9 Å². The number of aromatic nitrogens is 1. The third-order valence-electron chi connectivity index (χ3n) is 3.74. The Morgan fingerprint density at radius 1 is 1.21 bits per heavy atom. The van der Waals surface area contributed by atoms with Crippen molar-refractivity contribution in [1.82, 2.24) is 9.88 Å². The number of hydrogen-bond donors (Lipinski definition) is 0. The van der Waals surface area contributed by atoms with Crippen molar-refractivity contribution >= 4 is 22.5 Å². The number of rotatable bonds is 5. The Balaban J connectivity index is 2.27. The van der Waals surface area contributed by atoms with Gasteiger partial charge in [0.25, 0.3) is 0 Å². The summed E-state index contributed by atoms with van der Waals surface area (Å²) in [6.45, 7) is 5.30. The minimum atomic E-state index is 0.600. The first-order valence-electron chi connectivity index (χ1n) is 6.90. The minimum absolute atomic E-state index is 0.600. The monoisotopic (exact) mass is 276 g/mol. The van der Waals surface area contributed by atoms with E-state index in [0.29, 0.717) is 11.2 Å². The van der Waals surface area contributed by atoms with Gasteiger partial charge in [0.1, 0.15) is 5.15 Å². The fourth-order valence-corrected chi connectivity index (χ4v) is 2.76. The van der Waals surface area contributed by atoms with Crippen molar-refractivity contribution in [3.8, 4) is 0 Å². The molecule has 0 unspecified atom stereocenters. The molecule has 0 amide bonds. The van der Waals surface area contributed by atoms with E-state index in [9.17, 15) is 0 Å². The molecule has 0 saturated heterocycles. The highest BCUT2D eigenvalue weighted by molar-refractivity contribution is 6.30. The first-order chi connectivity index (χ1) is 9.15. The maximum atomic E-state index is 6.30. The van der Waals surface area contributed by atoms with Crippen molar-refractivity contribution in [2.75, 3.05) is 7.05 Å². The van der Waals surface area contributed by atoms with Gasteiger partial charge in [-0.25, -0.2) is 4.98 Å². The Morgan fingerprint density at radius 3 is 2.58 bits per heavy atom. The summed E-state index contributed by atoms with van der Waals surface area (Å²) < 4.78 is 0. The van der Waals surface area contributed by atoms with Crippen LogP contribution in [0, 0.1) is 0 Å². The van der Waals surface area contributed by atoms with Crippen LogP contribution in [0.2, 0.25) is 5.15 Å². The van der Waals surface area contributed by atoms with Gasteiger partial charge in [-0.3, -0.25) is 4.90 Å². The zero-order valence-corrected chi connectivity index (χ0v) is 12.6.